The molecule has 0 spiro atoms. The molecule has 0 fully saturated rings. The Hall–Kier alpha value is -3.68. The lowest BCUT2D eigenvalue weighted by molar-refractivity contribution is 0.0946. The highest BCUT2D eigenvalue weighted by Gasteiger charge is 2.17. The number of aromatic nitrogens is 1. The molecule has 3 aromatic carbocycles. The molecule has 0 saturated carbocycles. The number of hydrogen-bond donors (Lipinski definition) is 1. The number of carbonyl (C=O) groups excluding carboxylic acids is 1. The number of amides is 1. The fourth-order valence-corrected chi connectivity index (χ4v) is 5.31. The van der Waals surface area contributed by atoms with Gasteiger partial charge in [0.05, 0.1) is 6.54 Å². The molecule has 0 radical (unpaired) electrons. The van der Waals surface area contributed by atoms with Gasteiger partial charge in [0.25, 0.3) is 5.91 Å². The molecule has 1 aliphatic heterocycles. The van der Waals surface area contributed by atoms with Crippen LogP contribution in [0.1, 0.15) is 64.1 Å². The van der Waals surface area contributed by atoms with Gasteiger partial charge >= 0.3 is 0 Å². The zero-order valence-corrected chi connectivity index (χ0v) is 23.8. The Balaban J connectivity index is 1.25. The van der Waals surface area contributed by atoms with Gasteiger partial charge in [0, 0.05) is 25.0 Å². The van der Waals surface area contributed by atoms with Gasteiger partial charge in [0.1, 0.15) is 10.7 Å². The molecule has 0 aliphatic carbocycles. The first-order valence-corrected chi connectivity index (χ1v) is 14.1. The number of carbonyl (C=O) groups is 1. The van der Waals surface area contributed by atoms with Gasteiger partial charge in [-0.2, -0.15) is 0 Å². The average Bonchev–Trinajstić information content (AvgIpc) is 3.58. The minimum absolute atomic E-state index is 0.126. The number of fused-ring (bicyclic) bond motifs is 1. The molecule has 7 heteroatoms. The highest BCUT2D eigenvalue weighted by molar-refractivity contribution is 7.09. The average molecular weight is 542 g/mol. The zero-order chi connectivity index (χ0) is 27.4. The van der Waals surface area contributed by atoms with Gasteiger partial charge in [-0.15, -0.1) is 11.3 Å². The van der Waals surface area contributed by atoms with E-state index in [2.05, 4.69) is 91.4 Å². The highest BCUT2D eigenvalue weighted by Crippen LogP contribution is 2.32. The van der Waals surface area contributed by atoms with E-state index in [-0.39, 0.29) is 18.1 Å². The minimum Gasteiger partial charge on any atom is -0.454 e. The second-order valence-electron chi connectivity index (χ2n) is 11.1. The minimum atomic E-state index is -0.182. The molecule has 0 unspecified atom stereocenters. The van der Waals surface area contributed by atoms with Crippen molar-refractivity contribution in [1.29, 1.82) is 0 Å². The van der Waals surface area contributed by atoms with Crippen molar-refractivity contribution >= 4 is 17.2 Å². The van der Waals surface area contributed by atoms with E-state index < -0.39 is 0 Å². The van der Waals surface area contributed by atoms with E-state index in [0.717, 1.165) is 29.4 Å². The van der Waals surface area contributed by atoms with Crippen molar-refractivity contribution in [3.05, 3.63) is 111 Å². The molecule has 0 saturated heterocycles. The Bertz CT molecular complexity index is 1420. The third-order valence-electron chi connectivity index (χ3n) is 6.79. The third-order valence-corrected chi connectivity index (χ3v) is 7.62. The lowest BCUT2D eigenvalue weighted by Crippen LogP contribution is -2.24. The molecule has 6 nitrogen and oxygen atoms in total. The lowest BCUT2D eigenvalue weighted by atomic mass is 9.87. The summed E-state index contributed by atoms with van der Waals surface area (Å²) in [5.74, 6) is 1.26. The maximum Gasteiger partial charge on any atom is 0.271 e. The molecule has 2 heterocycles. The summed E-state index contributed by atoms with van der Waals surface area (Å²) in [5.41, 5.74) is 6.61. The standard InChI is InChI=1S/C32H35N3O3S/c1-22-5-7-23(8-6-22)17-35(18-24-9-12-26(13-10-24)32(2,3)4)19-30-34-27(20-39-30)31(36)33-16-25-11-14-28-29(15-25)38-21-37-28/h5-15,20H,16-19,21H2,1-4H3,(H,33,36). The maximum atomic E-state index is 12.8. The van der Waals surface area contributed by atoms with E-state index in [0.29, 0.717) is 24.5 Å². The van der Waals surface area contributed by atoms with Crippen LogP contribution >= 0.6 is 11.3 Å². The third kappa shape index (κ3) is 7.05. The van der Waals surface area contributed by atoms with Crippen molar-refractivity contribution in [1.82, 2.24) is 15.2 Å². The van der Waals surface area contributed by atoms with Crippen LogP contribution in [0.5, 0.6) is 11.5 Å². The molecule has 39 heavy (non-hydrogen) atoms. The van der Waals surface area contributed by atoms with Crippen LogP contribution in [0.3, 0.4) is 0 Å². The lowest BCUT2D eigenvalue weighted by Gasteiger charge is -2.23. The van der Waals surface area contributed by atoms with E-state index >= 15 is 0 Å². The topological polar surface area (TPSA) is 63.7 Å². The fraction of sp³-hybridized carbons (Fsp3) is 0.312. The van der Waals surface area contributed by atoms with Gasteiger partial charge in [-0.05, 0) is 46.7 Å². The van der Waals surface area contributed by atoms with Crippen LogP contribution in [0.4, 0.5) is 0 Å². The molecule has 5 rings (SSSR count). The number of hydrogen-bond acceptors (Lipinski definition) is 6. The summed E-state index contributed by atoms with van der Waals surface area (Å²) >= 11 is 1.52. The first kappa shape index (κ1) is 26.9. The maximum absolute atomic E-state index is 12.8. The van der Waals surface area contributed by atoms with Gasteiger partial charge in [-0.3, -0.25) is 9.69 Å². The molecule has 0 atom stereocenters. The number of nitrogens with one attached hydrogen (secondary N) is 1. The van der Waals surface area contributed by atoms with Crippen molar-refractivity contribution in [2.45, 2.75) is 59.3 Å². The molecule has 1 aromatic heterocycles. The van der Waals surface area contributed by atoms with Crippen LogP contribution in [0.25, 0.3) is 0 Å². The molecular formula is C32H35N3O3S. The second kappa shape index (κ2) is 11.6. The SMILES string of the molecule is Cc1ccc(CN(Cc2ccc(C(C)(C)C)cc2)Cc2nc(C(=O)NCc3ccc4c(c3)OCO4)cs2)cc1. The molecule has 0 bridgehead atoms. The number of ether oxygens (including phenoxy) is 2. The first-order valence-electron chi connectivity index (χ1n) is 13.2. The van der Waals surface area contributed by atoms with Gasteiger partial charge in [-0.1, -0.05) is 80.9 Å². The predicted molar refractivity (Wildman–Crippen MR) is 155 cm³/mol. The van der Waals surface area contributed by atoms with Crippen LogP contribution in [-0.4, -0.2) is 22.6 Å². The molecule has 202 valence electrons. The van der Waals surface area contributed by atoms with E-state index in [1.54, 1.807) is 0 Å². The Morgan fingerprint density at radius 1 is 0.897 bits per heavy atom. The predicted octanol–water partition coefficient (Wildman–Crippen LogP) is 6.61. The van der Waals surface area contributed by atoms with Crippen LogP contribution < -0.4 is 14.8 Å². The van der Waals surface area contributed by atoms with E-state index in [1.807, 2.05) is 23.6 Å². The van der Waals surface area contributed by atoms with E-state index in [9.17, 15) is 4.79 Å². The smallest absolute Gasteiger partial charge is 0.271 e. The molecule has 4 aromatic rings. The monoisotopic (exact) mass is 541 g/mol. The van der Waals surface area contributed by atoms with Gasteiger partial charge < -0.3 is 14.8 Å². The van der Waals surface area contributed by atoms with E-state index in [4.69, 9.17) is 9.47 Å². The summed E-state index contributed by atoms with van der Waals surface area (Å²) in [6, 6.07) is 23.3. The quantitative estimate of drug-likeness (QED) is 0.258. The number of benzene rings is 3. The van der Waals surface area contributed by atoms with Crippen LogP contribution in [-0.2, 0) is 31.6 Å². The zero-order valence-electron chi connectivity index (χ0n) is 23.0. The van der Waals surface area contributed by atoms with Crippen LogP contribution in [0.15, 0.2) is 72.1 Å². The second-order valence-corrected chi connectivity index (χ2v) is 12.0. The molecule has 1 N–H and O–H groups in total. The Kier molecular flexibility index (Phi) is 8.00. The summed E-state index contributed by atoms with van der Waals surface area (Å²) in [5, 5.41) is 5.73. The normalized spacial score (nSPS) is 12.6. The number of thiazole rings is 1. The van der Waals surface area contributed by atoms with Gasteiger partial charge in [-0.25, -0.2) is 4.98 Å². The fourth-order valence-electron chi connectivity index (χ4n) is 4.49. The Morgan fingerprint density at radius 3 is 2.23 bits per heavy atom. The summed E-state index contributed by atoms with van der Waals surface area (Å²) < 4.78 is 10.8. The van der Waals surface area contributed by atoms with E-state index in [1.165, 1.54) is 33.6 Å². The number of nitrogens with zero attached hydrogens (tertiary/aromatic N) is 2. The van der Waals surface area contributed by atoms with Crippen molar-refractivity contribution in [2.75, 3.05) is 6.79 Å². The summed E-state index contributed by atoms with van der Waals surface area (Å²) in [6.45, 7) is 11.7. The number of rotatable bonds is 9. The highest BCUT2D eigenvalue weighted by atomic mass is 32.1. The number of aryl methyl sites for hydroxylation is 1. The summed E-state index contributed by atoms with van der Waals surface area (Å²) in [4.78, 5) is 19.9. The Morgan fingerprint density at radius 2 is 1.54 bits per heavy atom. The molecule has 1 amide bonds. The van der Waals surface area contributed by atoms with Crippen molar-refractivity contribution in [2.24, 2.45) is 0 Å². The van der Waals surface area contributed by atoms with Crippen LogP contribution in [0.2, 0.25) is 0 Å². The summed E-state index contributed by atoms with van der Waals surface area (Å²) in [7, 11) is 0. The van der Waals surface area contributed by atoms with Gasteiger partial charge in [0.15, 0.2) is 11.5 Å². The Labute approximate surface area is 234 Å². The van der Waals surface area contributed by atoms with Crippen molar-refractivity contribution < 1.29 is 14.3 Å². The van der Waals surface area contributed by atoms with Crippen LogP contribution in [0, 0.1) is 6.92 Å². The summed E-state index contributed by atoms with van der Waals surface area (Å²) in [6.07, 6.45) is 0. The molecule has 1 aliphatic rings. The largest absolute Gasteiger partial charge is 0.454 e. The molecular weight excluding hydrogens is 506 g/mol. The van der Waals surface area contributed by atoms with Crippen molar-refractivity contribution in [3.63, 3.8) is 0 Å². The van der Waals surface area contributed by atoms with Gasteiger partial charge in [0.2, 0.25) is 6.79 Å². The van der Waals surface area contributed by atoms with Crippen molar-refractivity contribution in [3.8, 4) is 11.5 Å². The first-order chi connectivity index (χ1) is 18.7.